The molecule has 0 fully saturated rings. The van der Waals surface area contributed by atoms with E-state index in [4.69, 9.17) is 22.4 Å². The highest BCUT2D eigenvalue weighted by atomic mass is 35.5. The average molecular weight is 243 g/mol. The quantitative estimate of drug-likeness (QED) is 0.712. The summed E-state index contributed by atoms with van der Waals surface area (Å²) in [4.78, 5) is 0. The van der Waals surface area contributed by atoms with Crippen molar-refractivity contribution in [1.29, 1.82) is 0 Å². The molecule has 0 heterocycles. The number of nitrogens with two attached hydrogens (primary N) is 1. The third-order valence-corrected chi connectivity index (χ3v) is 2.81. The van der Waals surface area contributed by atoms with Gasteiger partial charge in [-0.1, -0.05) is 23.7 Å². The molecule has 1 aromatic carbocycles. The molecule has 0 radical (unpaired) electrons. The molecule has 2 atom stereocenters. The summed E-state index contributed by atoms with van der Waals surface area (Å²) in [5, 5.41) is 12.9. The molecule has 1 rings (SSSR count). The number of rotatable bonds is 6. The van der Waals surface area contributed by atoms with Gasteiger partial charge in [-0.2, -0.15) is 0 Å². The van der Waals surface area contributed by atoms with Crippen molar-refractivity contribution in [3.63, 3.8) is 0 Å². The molecule has 1 aromatic rings. The second-order valence-corrected chi connectivity index (χ2v) is 4.36. The van der Waals surface area contributed by atoms with Crippen LogP contribution in [0.15, 0.2) is 24.3 Å². The van der Waals surface area contributed by atoms with Crippen LogP contribution in [0.25, 0.3) is 0 Å². The van der Waals surface area contributed by atoms with Crippen molar-refractivity contribution in [2.24, 2.45) is 5.73 Å². The van der Waals surface area contributed by atoms with E-state index in [1.165, 1.54) is 0 Å². The fourth-order valence-corrected chi connectivity index (χ4v) is 1.74. The first kappa shape index (κ1) is 13.5. The second kappa shape index (κ2) is 6.86. The Kier molecular flexibility index (Phi) is 5.77. The van der Waals surface area contributed by atoms with E-state index >= 15 is 0 Å². The van der Waals surface area contributed by atoms with E-state index < -0.39 is 0 Å². The van der Waals surface area contributed by atoms with Gasteiger partial charge < -0.3 is 16.2 Å². The van der Waals surface area contributed by atoms with Gasteiger partial charge in [0.1, 0.15) is 0 Å². The molecule has 16 heavy (non-hydrogen) atoms. The van der Waals surface area contributed by atoms with Crippen LogP contribution in [0.2, 0.25) is 5.02 Å². The lowest BCUT2D eigenvalue weighted by Gasteiger charge is -2.22. The van der Waals surface area contributed by atoms with Gasteiger partial charge in [-0.05, 0) is 31.0 Å². The third kappa shape index (κ3) is 4.10. The molecular weight excluding hydrogens is 224 g/mol. The lowest BCUT2D eigenvalue weighted by atomic mass is 10.1. The molecule has 2 unspecified atom stereocenters. The Bertz CT molecular complexity index is 302. The maximum absolute atomic E-state index is 8.84. The summed E-state index contributed by atoms with van der Waals surface area (Å²) in [5.41, 5.74) is 6.85. The topological polar surface area (TPSA) is 58.3 Å². The summed E-state index contributed by atoms with van der Waals surface area (Å²) in [6.45, 7) is 2.75. The molecule has 0 aliphatic heterocycles. The van der Waals surface area contributed by atoms with Crippen LogP contribution in [-0.2, 0) is 0 Å². The fraction of sp³-hybridized carbons (Fsp3) is 0.500. The summed E-state index contributed by atoms with van der Waals surface area (Å²) in [6, 6.07) is 8.01. The number of hydrogen-bond donors (Lipinski definition) is 3. The van der Waals surface area contributed by atoms with Gasteiger partial charge in [-0.15, -0.1) is 0 Å². The van der Waals surface area contributed by atoms with Gasteiger partial charge in [0.2, 0.25) is 0 Å². The highest BCUT2D eigenvalue weighted by molar-refractivity contribution is 6.30. The molecule has 0 saturated carbocycles. The Morgan fingerprint density at radius 2 is 2.00 bits per heavy atom. The number of hydrogen-bond acceptors (Lipinski definition) is 3. The molecular formula is C12H19ClN2O. The zero-order valence-corrected chi connectivity index (χ0v) is 10.2. The first-order valence-corrected chi connectivity index (χ1v) is 5.87. The van der Waals surface area contributed by atoms with Crippen LogP contribution in [0, 0.1) is 0 Å². The van der Waals surface area contributed by atoms with Crippen LogP contribution in [-0.4, -0.2) is 24.3 Å². The average Bonchev–Trinajstić information content (AvgIpc) is 2.27. The summed E-state index contributed by atoms with van der Waals surface area (Å²) in [5.74, 6) is 0. The number of benzene rings is 1. The molecule has 0 bridgehead atoms. The SMILES string of the molecule is CC(CCO)NC(CN)c1ccc(Cl)cc1. The van der Waals surface area contributed by atoms with Crippen LogP contribution in [0.3, 0.4) is 0 Å². The van der Waals surface area contributed by atoms with Gasteiger partial charge >= 0.3 is 0 Å². The Morgan fingerprint density at radius 1 is 1.38 bits per heavy atom. The van der Waals surface area contributed by atoms with Gasteiger partial charge in [0, 0.05) is 30.3 Å². The molecule has 0 aromatic heterocycles. The van der Waals surface area contributed by atoms with Crippen molar-refractivity contribution in [1.82, 2.24) is 5.32 Å². The lowest BCUT2D eigenvalue weighted by molar-refractivity contribution is 0.263. The molecule has 3 nitrogen and oxygen atoms in total. The molecule has 4 heteroatoms. The van der Waals surface area contributed by atoms with Gasteiger partial charge in [0.15, 0.2) is 0 Å². The minimum Gasteiger partial charge on any atom is -0.396 e. The molecule has 0 amide bonds. The maximum atomic E-state index is 8.84. The van der Waals surface area contributed by atoms with E-state index in [1.807, 2.05) is 31.2 Å². The lowest BCUT2D eigenvalue weighted by Crippen LogP contribution is -2.35. The van der Waals surface area contributed by atoms with Gasteiger partial charge in [-0.25, -0.2) is 0 Å². The Balaban J connectivity index is 2.63. The Morgan fingerprint density at radius 3 is 2.50 bits per heavy atom. The van der Waals surface area contributed by atoms with Crippen LogP contribution < -0.4 is 11.1 Å². The van der Waals surface area contributed by atoms with Crippen LogP contribution >= 0.6 is 11.6 Å². The molecule has 0 aliphatic rings. The minimum atomic E-state index is 0.110. The standard InChI is InChI=1S/C12H19ClN2O/c1-9(6-7-16)15-12(8-14)10-2-4-11(13)5-3-10/h2-5,9,12,15-16H,6-8,14H2,1H3. The minimum absolute atomic E-state index is 0.110. The summed E-state index contributed by atoms with van der Waals surface area (Å²) < 4.78 is 0. The predicted molar refractivity (Wildman–Crippen MR) is 67.5 cm³/mol. The van der Waals surface area contributed by atoms with E-state index in [9.17, 15) is 0 Å². The van der Waals surface area contributed by atoms with Gasteiger partial charge in [-0.3, -0.25) is 0 Å². The van der Waals surface area contributed by atoms with E-state index in [-0.39, 0.29) is 18.7 Å². The summed E-state index contributed by atoms with van der Waals surface area (Å²) in [7, 11) is 0. The fourth-order valence-electron chi connectivity index (χ4n) is 1.62. The zero-order valence-electron chi connectivity index (χ0n) is 9.49. The van der Waals surface area contributed by atoms with Crippen molar-refractivity contribution in [2.45, 2.75) is 25.4 Å². The molecule has 0 spiro atoms. The second-order valence-electron chi connectivity index (χ2n) is 3.92. The number of nitrogens with one attached hydrogen (secondary N) is 1. The molecule has 0 saturated heterocycles. The largest absolute Gasteiger partial charge is 0.396 e. The normalized spacial score (nSPS) is 14.8. The van der Waals surface area contributed by atoms with Crippen LogP contribution in [0.1, 0.15) is 24.9 Å². The first-order valence-electron chi connectivity index (χ1n) is 5.49. The molecule has 4 N–H and O–H groups in total. The Hall–Kier alpha value is -0.610. The van der Waals surface area contributed by atoms with E-state index in [0.29, 0.717) is 6.54 Å². The molecule has 0 aliphatic carbocycles. The summed E-state index contributed by atoms with van der Waals surface area (Å²) >= 11 is 5.83. The first-order chi connectivity index (χ1) is 7.67. The third-order valence-electron chi connectivity index (χ3n) is 2.56. The smallest absolute Gasteiger partial charge is 0.0446 e. The maximum Gasteiger partial charge on any atom is 0.0446 e. The highest BCUT2D eigenvalue weighted by Gasteiger charge is 2.12. The van der Waals surface area contributed by atoms with Crippen molar-refractivity contribution in [3.05, 3.63) is 34.9 Å². The van der Waals surface area contributed by atoms with Gasteiger partial charge in [0.05, 0.1) is 0 Å². The molecule has 90 valence electrons. The van der Waals surface area contributed by atoms with Crippen molar-refractivity contribution >= 4 is 11.6 Å². The predicted octanol–water partition coefficient (Wildman–Crippen LogP) is 1.70. The number of aliphatic hydroxyl groups is 1. The van der Waals surface area contributed by atoms with E-state index in [0.717, 1.165) is 17.0 Å². The van der Waals surface area contributed by atoms with Crippen molar-refractivity contribution in [3.8, 4) is 0 Å². The zero-order chi connectivity index (χ0) is 12.0. The van der Waals surface area contributed by atoms with E-state index in [2.05, 4.69) is 5.32 Å². The van der Waals surface area contributed by atoms with E-state index in [1.54, 1.807) is 0 Å². The van der Waals surface area contributed by atoms with Crippen molar-refractivity contribution < 1.29 is 5.11 Å². The Labute approximate surface area is 102 Å². The summed E-state index contributed by atoms with van der Waals surface area (Å²) in [6.07, 6.45) is 0.726. The number of aliphatic hydroxyl groups excluding tert-OH is 1. The monoisotopic (exact) mass is 242 g/mol. The number of halogens is 1. The van der Waals surface area contributed by atoms with Crippen molar-refractivity contribution in [2.75, 3.05) is 13.2 Å². The van der Waals surface area contributed by atoms with Crippen LogP contribution in [0.5, 0.6) is 0 Å². The van der Waals surface area contributed by atoms with Crippen LogP contribution in [0.4, 0.5) is 0 Å². The van der Waals surface area contributed by atoms with Gasteiger partial charge in [0.25, 0.3) is 0 Å². The highest BCUT2D eigenvalue weighted by Crippen LogP contribution is 2.16.